The Morgan fingerprint density at radius 1 is 1.28 bits per heavy atom. The van der Waals surface area contributed by atoms with Gasteiger partial charge in [-0.15, -0.1) is 23.5 Å². The van der Waals surface area contributed by atoms with Gasteiger partial charge < -0.3 is 4.74 Å². The fourth-order valence-corrected chi connectivity index (χ4v) is 7.11. The first kappa shape index (κ1) is 20.8. The standard InChI is InChI=1S/C18H27NO3S3/c1-5-22-17(20)18(23-10-11-24-18)16(12-13(2)3)19-25(21)15-8-6-14(4)7-9-15/h6-9,13,16,19H,5,10-12H2,1-4H3/t16-,25?/m0/s1. The smallest absolute Gasteiger partial charge is 0.334 e. The SMILES string of the molecule is CCOC(=O)C1([C@H](CC(C)C)NS(=O)c2ccc(C)cc2)SCCS1. The lowest BCUT2D eigenvalue weighted by Crippen LogP contribution is -2.52. The Labute approximate surface area is 161 Å². The van der Waals surface area contributed by atoms with Crippen molar-refractivity contribution in [1.29, 1.82) is 0 Å². The summed E-state index contributed by atoms with van der Waals surface area (Å²) >= 11 is 3.24. The molecule has 0 spiro atoms. The first-order valence-corrected chi connectivity index (χ1v) is 11.7. The summed E-state index contributed by atoms with van der Waals surface area (Å²) in [6, 6.07) is 7.43. The molecular weight excluding hydrogens is 374 g/mol. The number of hydrogen-bond donors (Lipinski definition) is 1. The number of carbonyl (C=O) groups excluding carboxylic acids is 1. The van der Waals surface area contributed by atoms with Crippen LogP contribution in [-0.2, 0) is 20.5 Å². The van der Waals surface area contributed by atoms with Crippen LogP contribution in [0.1, 0.15) is 32.8 Å². The molecule has 0 radical (unpaired) electrons. The molecule has 140 valence electrons. The van der Waals surface area contributed by atoms with Gasteiger partial charge in [-0.1, -0.05) is 31.5 Å². The van der Waals surface area contributed by atoms with E-state index >= 15 is 0 Å². The van der Waals surface area contributed by atoms with Gasteiger partial charge in [0.25, 0.3) is 0 Å². The molecule has 1 aromatic rings. The third kappa shape index (κ3) is 5.25. The van der Waals surface area contributed by atoms with Gasteiger partial charge in [0.2, 0.25) is 0 Å². The lowest BCUT2D eigenvalue weighted by atomic mass is 10.0. The van der Waals surface area contributed by atoms with E-state index in [0.29, 0.717) is 12.5 Å². The molecule has 7 heteroatoms. The molecular formula is C18H27NO3S3. The van der Waals surface area contributed by atoms with E-state index in [1.54, 1.807) is 23.5 Å². The topological polar surface area (TPSA) is 55.4 Å². The molecule has 1 heterocycles. The Morgan fingerprint density at radius 3 is 2.40 bits per heavy atom. The summed E-state index contributed by atoms with van der Waals surface area (Å²) in [6.45, 7) is 8.42. The van der Waals surface area contributed by atoms with Crippen molar-refractivity contribution in [2.45, 2.75) is 49.1 Å². The maximum atomic E-state index is 12.9. The first-order chi connectivity index (χ1) is 11.9. The third-order valence-electron chi connectivity index (χ3n) is 3.93. The molecule has 4 nitrogen and oxygen atoms in total. The van der Waals surface area contributed by atoms with Gasteiger partial charge in [-0.25, -0.2) is 13.7 Å². The number of ether oxygens (including phenoxy) is 1. The van der Waals surface area contributed by atoms with Gasteiger partial charge in [-0.3, -0.25) is 0 Å². The van der Waals surface area contributed by atoms with Crippen LogP contribution in [0.2, 0.25) is 0 Å². The predicted octanol–water partition coefficient (Wildman–Crippen LogP) is 3.76. The number of benzene rings is 1. The maximum absolute atomic E-state index is 12.9. The van der Waals surface area contributed by atoms with Crippen molar-refractivity contribution in [3.05, 3.63) is 29.8 Å². The van der Waals surface area contributed by atoms with Gasteiger partial charge in [0.05, 0.1) is 17.5 Å². The van der Waals surface area contributed by atoms with Crippen LogP contribution >= 0.6 is 23.5 Å². The van der Waals surface area contributed by atoms with Crippen molar-refractivity contribution in [3.63, 3.8) is 0 Å². The van der Waals surface area contributed by atoms with Crippen LogP contribution < -0.4 is 4.72 Å². The van der Waals surface area contributed by atoms with E-state index in [1.165, 1.54) is 0 Å². The number of aryl methyl sites for hydroxylation is 1. The first-order valence-electron chi connectivity index (χ1n) is 8.58. The molecule has 2 rings (SSSR count). The number of nitrogens with one attached hydrogen (secondary N) is 1. The summed E-state index contributed by atoms with van der Waals surface area (Å²) in [5.41, 5.74) is 1.13. The Bertz CT molecular complexity index is 598. The average molecular weight is 402 g/mol. The minimum absolute atomic E-state index is 0.207. The fraction of sp³-hybridized carbons (Fsp3) is 0.611. The highest BCUT2D eigenvalue weighted by Gasteiger charge is 2.51. The summed E-state index contributed by atoms with van der Waals surface area (Å²) < 4.78 is 20.7. The van der Waals surface area contributed by atoms with Crippen molar-refractivity contribution in [1.82, 2.24) is 4.72 Å². The summed E-state index contributed by atoms with van der Waals surface area (Å²) in [5, 5.41) is 0. The summed E-state index contributed by atoms with van der Waals surface area (Å²) in [6.07, 6.45) is 0.760. The van der Waals surface area contributed by atoms with Crippen molar-refractivity contribution < 1.29 is 13.7 Å². The van der Waals surface area contributed by atoms with E-state index < -0.39 is 15.1 Å². The van der Waals surface area contributed by atoms with E-state index in [1.807, 2.05) is 38.1 Å². The van der Waals surface area contributed by atoms with Crippen LogP contribution in [0.4, 0.5) is 0 Å². The van der Waals surface area contributed by atoms with Crippen molar-refractivity contribution in [2.24, 2.45) is 5.92 Å². The second kappa shape index (κ2) is 9.44. The molecule has 0 bridgehead atoms. The highest BCUT2D eigenvalue weighted by atomic mass is 32.2. The van der Waals surface area contributed by atoms with E-state index in [0.717, 1.165) is 28.4 Å². The molecule has 1 N–H and O–H groups in total. The molecule has 0 aliphatic carbocycles. The zero-order chi connectivity index (χ0) is 18.4. The number of rotatable bonds is 8. The number of hydrogen-bond acceptors (Lipinski definition) is 5. The number of thioether (sulfide) groups is 2. The lowest BCUT2D eigenvalue weighted by Gasteiger charge is -2.34. The average Bonchev–Trinajstić information content (AvgIpc) is 3.05. The Balaban J connectivity index is 2.25. The molecule has 1 aliphatic heterocycles. The molecule has 0 aromatic heterocycles. The maximum Gasteiger partial charge on any atom is 0.334 e. The van der Waals surface area contributed by atoms with Crippen LogP contribution in [0.15, 0.2) is 29.2 Å². The van der Waals surface area contributed by atoms with E-state index in [4.69, 9.17) is 4.74 Å². The third-order valence-corrected chi connectivity index (χ3v) is 8.67. The van der Waals surface area contributed by atoms with E-state index in [9.17, 15) is 9.00 Å². The van der Waals surface area contributed by atoms with Crippen molar-refractivity contribution in [3.8, 4) is 0 Å². The van der Waals surface area contributed by atoms with Crippen molar-refractivity contribution in [2.75, 3.05) is 18.1 Å². The molecule has 1 unspecified atom stereocenters. The monoisotopic (exact) mass is 401 g/mol. The van der Waals surface area contributed by atoms with Gasteiger partial charge in [-0.05, 0) is 38.3 Å². The molecule has 1 aliphatic rings. The zero-order valence-corrected chi connectivity index (χ0v) is 17.7. The second-order valence-electron chi connectivity index (χ2n) is 6.47. The Morgan fingerprint density at radius 2 is 1.88 bits per heavy atom. The largest absolute Gasteiger partial charge is 0.464 e. The van der Waals surface area contributed by atoms with Gasteiger partial charge in [0.15, 0.2) is 4.08 Å². The lowest BCUT2D eigenvalue weighted by molar-refractivity contribution is -0.144. The number of carbonyl (C=O) groups is 1. The second-order valence-corrected chi connectivity index (χ2v) is 10.7. The molecule has 1 fully saturated rings. The zero-order valence-electron chi connectivity index (χ0n) is 15.2. The molecule has 1 aromatic carbocycles. The fourth-order valence-electron chi connectivity index (χ4n) is 2.73. The highest BCUT2D eigenvalue weighted by molar-refractivity contribution is 8.22. The molecule has 0 amide bonds. The van der Waals surface area contributed by atoms with E-state index in [-0.39, 0.29) is 12.0 Å². The minimum atomic E-state index is -1.37. The Hall–Kier alpha value is -0.500. The number of esters is 1. The van der Waals surface area contributed by atoms with Crippen LogP contribution in [0.25, 0.3) is 0 Å². The van der Waals surface area contributed by atoms with Crippen LogP contribution in [-0.4, -0.2) is 38.4 Å². The van der Waals surface area contributed by atoms with Gasteiger partial charge >= 0.3 is 5.97 Å². The van der Waals surface area contributed by atoms with Crippen LogP contribution in [0.5, 0.6) is 0 Å². The summed E-state index contributed by atoms with van der Waals surface area (Å²) in [4.78, 5) is 13.5. The van der Waals surface area contributed by atoms with Gasteiger partial charge in [0.1, 0.15) is 11.0 Å². The highest BCUT2D eigenvalue weighted by Crippen LogP contribution is 2.49. The van der Waals surface area contributed by atoms with Crippen LogP contribution in [0, 0.1) is 12.8 Å². The predicted molar refractivity (Wildman–Crippen MR) is 108 cm³/mol. The summed E-state index contributed by atoms with van der Waals surface area (Å²) in [5.74, 6) is 1.97. The minimum Gasteiger partial charge on any atom is -0.464 e. The van der Waals surface area contributed by atoms with Crippen LogP contribution in [0.3, 0.4) is 0 Å². The molecule has 0 saturated carbocycles. The van der Waals surface area contributed by atoms with E-state index in [2.05, 4.69) is 18.6 Å². The normalized spacial score (nSPS) is 18.9. The molecule has 25 heavy (non-hydrogen) atoms. The Kier molecular flexibility index (Phi) is 7.86. The van der Waals surface area contributed by atoms with Gasteiger partial charge in [0, 0.05) is 11.5 Å². The summed E-state index contributed by atoms with van der Waals surface area (Å²) in [7, 11) is -1.37. The quantitative estimate of drug-likeness (QED) is 0.672. The van der Waals surface area contributed by atoms with Crippen molar-refractivity contribution >= 4 is 40.5 Å². The molecule has 2 atom stereocenters. The molecule has 1 saturated heterocycles. The van der Waals surface area contributed by atoms with Gasteiger partial charge in [-0.2, -0.15) is 0 Å².